The predicted molar refractivity (Wildman–Crippen MR) is 119 cm³/mol. The predicted octanol–water partition coefficient (Wildman–Crippen LogP) is 2.86. The van der Waals surface area contributed by atoms with Crippen molar-refractivity contribution in [2.45, 2.75) is 32.9 Å². The van der Waals surface area contributed by atoms with E-state index in [4.69, 9.17) is 4.74 Å². The maximum atomic E-state index is 13.0. The third-order valence-corrected chi connectivity index (χ3v) is 6.33. The van der Waals surface area contributed by atoms with Crippen LogP contribution >= 0.6 is 0 Å². The largest absolute Gasteiger partial charge is 0.488 e. The molecule has 0 saturated carbocycles. The first-order valence-electron chi connectivity index (χ1n) is 10.8. The summed E-state index contributed by atoms with van der Waals surface area (Å²) in [7, 11) is 0. The summed E-state index contributed by atoms with van der Waals surface area (Å²) in [5.74, 6) is 0.831. The Morgan fingerprint density at radius 2 is 1.84 bits per heavy atom. The molecule has 3 aromatic rings. The Balaban J connectivity index is 1.19. The SMILES string of the molecule is Cc1cccc(N2CCN(C(=O)c3cc4n(n3)C[C@@H](Oc3ccncc3)C4)CC2)c1C. The van der Waals surface area contributed by atoms with E-state index in [1.54, 1.807) is 12.4 Å². The summed E-state index contributed by atoms with van der Waals surface area (Å²) in [6.45, 7) is 8.07. The van der Waals surface area contributed by atoms with Crippen molar-refractivity contribution >= 4 is 11.6 Å². The molecule has 0 bridgehead atoms. The Morgan fingerprint density at radius 1 is 1.06 bits per heavy atom. The van der Waals surface area contributed by atoms with Crippen LogP contribution in [0.3, 0.4) is 0 Å². The van der Waals surface area contributed by atoms with Crippen LogP contribution in [0.15, 0.2) is 48.8 Å². The molecule has 1 saturated heterocycles. The number of fused-ring (bicyclic) bond motifs is 1. The Labute approximate surface area is 182 Å². The molecule has 1 fully saturated rings. The lowest BCUT2D eigenvalue weighted by atomic mass is 10.1. The van der Waals surface area contributed by atoms with Crippen LogP contribution in [0.1, 0.15) is 27.3 Å². The van der Waals surface area contributed by atoms with Gasteiger partial charge in [0.25, 0.3) is 5.91 Å². The quantitative estimate of drug-likeness (QED) is 0.653. The molecule has 1 aromatic carbocycles. The van der Waals surface area contributed by atoms with E-state index in [-0.39, 0.29) is 12.0 Å². The molecule has 0 unspecified atom stereocenters. The van der Waals surface area contributed by atoms with Gasteiger partial charge in [-0.1, -0.05) is 12.1 Å². The number of anilines is 1. The van der Waals surface area contributed by atoms with E-state index in [0.717, 1.165) is 31.0 Å². The Morgan fingerprint density at radius 3 is 2.58 bits per heavy atom. The summed E-state index contributed by atoms with van der Waals surface area (Å²) in [5.41, 5.74) is 5.48. The summed E-state index contributed by atoms with van der Waals surface area (Å²) >= 11 is 0. The van der Waals surface area contributed by atoms with Gasteiger partial charge in [-0.2, -0.15) is 5.10 Å². The van der Waals surface area contributed by atoms with Crippen molar-refractivity contribution in [2.75, 3.05) is 31.1 Å². The first-order chi connectivity index (χ1) is 15.1. The zero-order valence-electron chi connectivity index (χ0n) is 18.0. The minimum absolute atomic E-state index is 0.0223. The lowest BCUT2D eigenvalue weighted by Crippen LogP contribution is -2.49. The van der Waals surface area contributed by atoms with Gasteiger partial charge >= 0.3 is 0 Å². The number of ether oxygens (including phenoxy) is 1. The number of piperazine rings is 1. The summed E-state index contributed by atoms with van der Waals surface area (Å²) in [5, 5.41) is 4.58. The van der Waals surface area contributed by atoms with Gasteiger partial charge in [-0.05, 0) is 49.2 Å². The van der Waals surface area contributed by atoms with Gasteiger partial charge < -0.3 is 14.5 Å². The molecule has 7 heteroatoms. The van der Waals surface area contributed by atoms with Gasteiger partial charge in [-0.3, -0.25) is 14.5 Å². The van der Waals surface area contributed by atoms with Crippen molar-refractivity contribution in [3.63, 3.8) is 0 Å². The lowest BCUT2D eigenvalue weighted by Gasteiger charge is -2.36. The highest BCUT2D eigenvalue weighted by Gasteiger charge is 2.29. The molecule has 1 amide bonds. The van der Waals surface area contributed by atoms with Crippen molar-refractivity contribution in [3.05, 3.63) is 71.3 Å². The smallest absolute Gasteiger partial charge is 0.274 e. The number of benzene rings is 1. The van der Waals surface area contributed by atoms with Gasteiger partial charge in [0.1, 0.15) is 11.9 Å². The van der Waals surface area contributed by atoms with E-state index < -0.39 is 0 Å². The number of carbonyl (C=O) groups is 1. The number of amides is 1. The monoisotopic (exact) mass is 417 g/mol. The Kier molecular flexibility index (Phi) is 5.10. The van der Waals surface area contributed by atoms with Crippen LogP contribution in [0.5, 0.6) is 5.75 Å². The summed E-state index contributed by atoms with van der Waals surface area (Å²) in [6, 6.07) is 12.1. The van der Waals surface area contributed by atoms with E-state index >= 15 is 0 Å². The van der Waals surface area contributed by atoms with Gasteiger partial charge in [-0.15, -0.1) is 0 Å². The van der Waals surface area contributed by atoms with Crippen molar-refractivity contribution in [1.82, 2.24) is 19.7 Å². The number of aromatic nitrogens is 3. The van der Waals surface area contributed by atoms with E-state index in [9.17, 15) is 4.79 Å². The third kappa shape index (κ3) is 3.87. The normalized spacial score (nSPS) is 18.2. The number of hydrogen-bond donors (Lipinski definition) is 0. The zero-order chi connectivity index (χ0) is 21.4. The molecule has 0 aliphatic carbocycles. The fraction of sp³-hybridized carbons (Fsp3) is 0.375. The van der Waals surface area contributed by atoms with Crippen LogP contribution in [0, 0.1) is 13.8 Å². The number of aryl methyl sites for hydroxylation is 1. The third-order valence-electron chi connectivity index (χ3n) is 6.33. The standard InChI is InChI=1S/C24H27N5O2/c1-17-4-3-5-23(18(17)2)27-10-12-28(13-11-27)24(30)22-15-19-14-21(16-29(19)26-22)31-20-6-8-25-9-7-20/h3-9,15,21H,10-14,16H2,1-2H3/t21-/m0/s1. The number of nitrogens with zero attached hydrogens (tertiary/aromatic N) is 5. The van der Waals surface area contributed by atoms with Crippen molar-refractivity contribution < 1.29 is 9.53 Å². The second kappa shape index (κ2) is 8.06. The highest BCUT2D eigenvalue weighted by molar-refractivity contribution is 5.92. The van der Waals surface area contributed by atoms with E-state index in [2.05, 4.69) is 47.0 Å². The number of hydrogen-bond acceptors (Lipinski definition) is 5. The molecule has 4 heterocycles. The molecular weight excluding hydrogens is 390 g/mol. The average molecular weight is 418 g/mol. The second-order valence-electron chi connectivity index (χ2n) is 8.33. The summed E-state index contributed by atoms with van der Waals surface area (Å²) in [4.78, 5) is 21.3. The van der Waals surface area contributed by atoms with E-state index in [1.807, 2.05) is 27.8 Å². The molecule has 0 N–H and O–H groups in total. The lowest BCUT2D eigenvalue weighted by molar-refractivity contribution is 0.0739. The van der Waals surface area contributed by atoms with Crippen LogP contribution in [0.4, 0.5) is 5.69 Å². The molecule has 0 spiro atoms. The number of carbonyl (C=O) groups excluding carboxylic acids is 1. The van der Waals surface area contributed by atoms with Crippen LogP contribution in [0.2, 0.25) is 0 Å². The zero-order valence-corrected chi connectivity index (χ0v) is 18.0. The molecule has 1 atom stereocenters. The molecule has 2 aliphatic heterocycles. The maximum absolute atomic E-state index is 13.0. The van der Waals surface area contributed by atoms with Crippen LogP contribution in [-0.2, 0) is 13.0 Å². The maximum Gasteiger partial charge on any atom is 0.274 e. The molecule has 0 radical (unpaired) electrons. The number of rotatable bonds is 4. The van der Waals surface area contributed by atoms with Crippen molar-refractivity contribution in [1.29, 1.82) is 0 Å². The molecular formula is C24H27N5O2. The number of pyridine rings is 1. The fourth-order valence-electron chi connectivity index (χ4n) is 4.45. The van der Waals surface area contributed by atoms with E-state index in [1.165, 1.54) is 16.8 Å². The average Bonchev–Trinajstić information content (AvgIpc) is 3.35. The molecule has 160 valence electrons. The van der Waals surface area contributed by atoms with Crippen LogP contribution in [-0.4, -0.2) is 57.9 Å². The van der Waals surface area contributed by atoms with E-state index in [0.29, 0.717) is 25.3 Å². The minimum Gasteiger partial charge on any atom is -0.488 e. The fourth-order valence-corrected chi connectivity index (χ4v) is 4.45. The topological polar surface area (TPSA) is 63.5 Å². The molecule has 2 aliphatic rings. The molecule has 5 rings (SSSR count). The summed E-state index contributed by atoms with van der Waals surface area (Å²) in [6.07, 6.45) is 4.23. The highest BCUT2D eigenvalue weighted by Crippen LogP contribution is 2.25. The molecule has 7 nitrogen and oxygen atoms in total. The van der Waals surface area contributed by atoms with Gasteiger partial charge in [0.05, 0.1) is 6.54 Å². The van der Waals surface area contributed by atoms with Crippen LogP contribution < -0.4 is 9.64 Å². The first kappa shape index (κ1) is 19.6. The Hall–Kier alpha value is -3.35. The van der Waals surface area contributed by atoms with Crippen molar-refractivity contribution in [3.8, 4) is 5.75 Å². The highest BCUT2D eigenvalue weighted by atomic mass is 16.5. The van der Waals surface area contributed by atoms with Crippen LogP contribution in [0.25, 0.3) is 0 Å². The van der Waals surface area contributed by atoms with Gasteiger partial charge in [0, 0.05) is 56.4 Å². The Bertz CT molecular complexity index is 1060. The second-order valence-corrected chi connectivity index (χ2v) is 8.33. The first-order valence-corrected chi connectivity index (χ1v) is 10.8. The van der Waals surface area contributed by atoms with Gasteiger partial charge in [0.15, 0.2) is 5.69 Å². The van der Waals surface area contributed by atoms with Crippen molar-refractivity contribution in [2.24, 2.45) is 0 Å². The van der Waals surface area contributed by atoms with Gasteiger partial charge in [-0.25, -0.2) is 0 Å². The van der Waals surface area contributed by atoms with Gasteiger partial charge in [0.2, 0.25) is 0 Å². The summed E-state index contributed by atoms with van der Waals surface area (Å²) < 4.78 is 7.91. The molecule has 31 heavy (non-hydrogen) atoms. The molecule has 2 aromatic heterocycles. The minimum atomic E-state index is 0.0223.